The van der Waals surface area contributed by atoms with Gasteiger partial charge in [0.05, 0.1) is 5.69 Å². The Hall–Kier alpha value is -1.09. The predicted molar refractivity (Wildman–Crippen MR) is 57.3 cm³/mol. The van der Waals surface area contributed by atoms with Crippen molar-refractivity contribution in [3.63, 3.8) is 0 Å². The molecule has 1 N–H and O–H groups in total. The van der Waals surface area contributed by atoms with Crippen LogP contribution in [0.4, 0.5) is 10.1 Å². The van der Waals surface area contributed by atoms with Crippen LogP contribution >= 0.6 is 11.6 Å². The Morgan fingerprint density at radius 3 is 2.80 bits per heavy atom. The van der Waals surface area contributed by atoms with E-state index in [1.165, 1.54) is 12.1 Å². The summed E-state index contributed by atoms with van der Waals surface area (Å²) in [4.78, 5) is 11.5. The minimum Gasteiger partial charge on any atom is -0.323 e. The monoisotopic (exact) mass is 227 g/mol. The van der Waals surface area contributed by atoms with E-state index in [1.807, 2.05) is 6.92 Å². The zero-order chi connectivity index (χ0) is 11.0. The summed E-state index contributed by atoms with van der Waals surface area (Å²) in [5, 5.41) is 2.88. The van der Waals surface area contributed by atoms with Gasteiger partial charge in [-0.25, -0.2) is 4.39 Å². The highest BCUT2D eigenvalue weighted by Crippen LogP contribution is 2.38. The molecule has 1 aliphatic rings. The van der Waals surface area contributed by atoms with Gasteiger partial charge in [-0.15, -0.1) is 0 Å². The third-order valence-electron chi connectivity index (χ3n) is 2.64. The zero-order valence-electron chi connectivity index (χ0n) is 8.26. The predicted octanol–water partition coefficient (Wildman–Crippen LogP) is 3.07. The maximum atomic E-state index is 13.3. The first-order valence-corrected chi connectivity index (χ1v) is 5.21. The van der Waals surface area contributed by atoms with Gasteiger partial charge in [0, 0.05) is 10.9 Å². The minimum absolute atomic E-state index is 0.0417. The van der Waals surface area contributed by atoms with Crippen molar-refractivity contribution in [3.8, 4) is 0 Å². The summed E-state index contributed by atoms with van der Waals surface area (Å²) in [7, 11) is 0. The number of anilines is 1. The number of carbonyl (C=O) groups is 1. The van der Waals surface area contributed by atoms with Crippen LogP contribution in [0.25, 0.3) is 0 Å². The quantitative estimate of drug-likeness (QED) is 0.827. The Bertz CT molecular complexity index is 408. The van der Waals surface area contributed by atoms with E-state index in [0.29, 0.717) is 10.9 Å². The van der Waals surface area contributed by atoms with Crippen molar-refractivity contribution in [1.29, 1.82) is 0 Å². The largest absolute Gasteiger partial charge is 0.323 e. The van der Waals surface area contributed by atoms with Gasteiger partial charge in [-0.05, 0) is 30.5 Å². The van der Waals surface area contributed by atoms with E-state index in [9.17, 15) is 9.18 Å². The van der Waals surface area contributed by atoms with Crippen molar-refractivity contribution in [2.45, 2.75) is 13.3 Å². The van der Waals surface area contributed by atoms with E-state index in [2.05, 4.69) is 5.32 Å². The van der Waals surface area contributed by atoms with Crippen LogP contribution < -0.4 is 5.32 Å². The lowest BCUT2D eigenvalue weighted by Crippen LogP contribution is -2.15. The van der Waals surface area contributed by atoms with Crippen molar-refractivity contribution < 1.29 is 9.18 Å². The second kappa shape index (κ2) is 3.81. The molecule has 0 saturated heterocycles. The Labute approximate surface area is 92.4 Å². The zero-order valence-corrected chi connectivity index (χ0v) is 9.01. The highest BCUT2D eigenvalue weighted by molar-refractivity contribution is 6.30. The summed E-state index contributed by atoms with van der Waals surface area (Å²) in [6.45, 7) is 2.00. The number of hydrogen-bond donors (Lipinski definition) is 1. The first-order chi connectivity index (χ1) is 7.08. The van der Waals surface area contributed by atoms with Gasteiger partial charge in [0.15, 0.2) is 0 Å². The lowest BCUT2D eigenvalue weighted by molar-refractivity contribution is -0.117. The molecule has 1 amide bonds. The Balaban J connectivity index is 2.07. The minimum atomic E-state index is -0.496. The fourth-order valence-electron chi connectivity index (χ4n) is 1.50. The van der Waals surface area contributed by atoms with E-state index < -0.39 is 5.82 Å². The number of benzene rings is 1. The second-order valence-electron chi connectivity index (χ2n) is 3.93. The molecule has 1 saturated carbocycles. The second-order valence-corrected chi connectivity index (χ2v) is 4.37. The highest BCUT2D eigenvalue weighted by atomic mass is 35.5. The molecule has 1 fully saturated rings. The summed E-state index contributed by atoms with van der Waals surface area (Å²) in [5.41, 5.74) is 0.198. The summed E-state index contributed by atoms with van der Waals surface area (Å²) < 4.78 is 13.3. The number of hydrogen-bond acceptors (Lipinski definition) is 1. The molecule has 0 aliphatic heterocycles. The van der Waals surface area contributed by atoms with Crippen LogP contribution in [-0.4, -0.2) is 5.91 Å². The van der Waals surface area contributed by atoms with Gasteiger partial charge in [-0.3, -0.25) is 4.79 Å². The molecule has 0 spiro atoms. The fraction of sp³-hybridized carbons (Fsp3) is 0.364. The number of halogens is 2. The molecular weight excluding hydrogens is 217 g/mol. The van der Waals surface area contributed by atoms with Crippen LogP contribution in [0.3, 0.4) is 0 Å². The molecule has 2 rings (SSSR count). The summed E-state index contributed by atoms with van der Waals surface area (Å²) in [6.07, 6.45) is 0.890. The Morgan fingerprint density at radius 2 is 2.27 bits per heavy atom. The molecular formula is C11H11ClFNO. The van der Waals surface area contributed by atoms with Gasteiger partial charge in [-0.1, -0.05) is 18.5 Å². The molecule has 4 heteroatoms. The van der Waals surface area contributed by atoms with Crippen LogP contribution in [0.5, 0.6) is 0 Å². The molecule has 1 aromatic rings. The van der Waals surface area contributed by atoms with Crippen molar-refractivity contribution in [2.24, 2.45) is 11.8 Å². The molecule has 80 valence electrons. The van der Waals surface area contributed by atoms with E-state index in [0.717, 1.165) is 6.42 Å². The topological polar surface area (TPSA) is 29.1 Å². The average Bonchev–Trinajstić information content (AvgIpc) is 2.88. The maximum absolute atomic E-state index is 13.3. The smallest absolute Gasteiger partial charge is 0.227 e. The Kier molecular flexibility index (Phi) is 2.65. The SMILES string of the molecule is C[C@@H]1C[C@@H]1C(=O)Nc1ccc(Cl)cc1F. The maximum Gasteiger partial charge on any atom is 0.227 e. The van der Waals surface area contributed by atoms with Crippen LogP contribution in [0, 0.1) is 17.7 Å². The van der Waals surface area contributed by atoms with Crippen LogP contribution in [0.1, 0.15) is 13.3 Å². The van der Waals surface area contributed by atoms with Crippen LogP contribution in [0.2, 0.25) is 5.02 Å². The van der Waals surface area contributed by atoms with Gasteiger partial charge in [0.1, 0.15) is 5.82 Å². The average molecular weight is 228 g/mol. The van der Waals surface area contributed by atoms with Crippen LogP contribution in [0.15, 0.2) is 18.2 Å². The number of rotatable bonds is 2. The molecule has 0 heterocycles. The molecule has 1 aromatic carbocycles. The van der Waals surface area contributed by atoms with Gasteiger partial charge >= 0.3 is 0 Å². The molecule has 2 atom stereocenters. The van der Waals surface area contributed by atoms with Crippen molar-refractivity contribution in [2.75, 3.05) is 5.32 Å². The van der Waals surface area contributed by atoms with Crippen molar-refractivity contribution in [3.05, 3.63) is 29.0 Å². The summed E-state index contributed by atoms with van der Waals surface area (Å²) >= 11 is 5.60. The lowest BCUT2D eigenvalue weighted by Gasteiger charge is -2.05. The fourth-order valence-corrected chi connectivity index (χ4v) is 1.66. The van der Waals surface area contributed by atoms with Gasteiger partial charge in [0.2, 0.25) is 5.91 Å². The van der Waals surface area contributed by atoms with E-state index in [-0.39, 0.29) is 17.5 Å². The molecule has 0 bridgehead atoms. The lowest BCUT2D eigenvalue weighted by atomic mass is 10.2. The molecule has 0 unspecified atom stereocenters. The van der Waals surface area contributed by atoms with Crippen molar-refractivity contribution >= 4 is 23.2 Å². The van der Waals surface area contributed by atoms with E-state index in [4.69, 9.17) is 11.6 Å². The van der Waals surface area contributed by atoms with Gasteiger partial charge < -0.3 is 5.32 Å². The molecule has 15 heavy (non-hydrogen) atoms. The summed E-state index contributed by atoms with van der Waals surface area (Å²) in [5.74, 6) is -0.145. The molecule has 1 aliphatic carbocycles. The number of nitrogens with one attached hydrogen (secondary N) is 1. The van der Waals surface area contributed by atoms with E-state index in [1.54, 1.807) is 6.07 Å². The standard InChI is InChI=1S/C11H11ClFNO/c1-6-4-8(6)11(15)14-10-3-2-7(12)5-9(10)13/h2-3,5-6,8H,4H2,1H3,(H,14,15)/t6-,8+/m1/s1. The number of amides is 1. The first-order valence-electron chi connectivity index (χ1n) is 4.84. The highest BCUT2D eigenvalue weighted by Gasteiger charge is 2.39. The first kappa shape index (κ1) is 10.4. The Morgan fingerprint density at radius 1 is 1.60 bits per heavy atom. The normalized spacial score (nSPS) is 23.7. The van der Waals surface area contributed by atoms with E-state index >= 15 is 0 Å². The molecule has 0 radical (unpaired) electrons. The summed E-state index contributed by atoms with van der Waals surface area (Å²) in [6, 6.07) is 4.21. The van der Waals surface area contributed by atoms with Gasteiger partial charge in [-0.2, -0.15) is 0 Å². The van der Waals surface area contributed by atoms with Gasteiger partial charge in [0.25, 0.3) is 0 Å². The number of carbonyl (C=O) groups excluding carboxylic acids is 1. The molecule has 2 nitrogen and oxygen atoms in total. The van der Waals surface area contributed by atoms with Crippen LogP contribution in [-0.2, 0) is 4.79 Å². The third-order valence-corrected chi connectivity index (χ3v) is 2.87. The molecule has 0 aromatic heterocycles. The third kappa shape index (κ3) is 2.29. The van der Waals surface area contributed by atoms with Crippen molar-refractivity contribution in [1.82, 2.24) is 0 Å².